The topological polar surface area (TPSA) is 0 Å². The maximum absolute atomic E-state index is 2.63. The molecule has 1 fully saturated rings. The molecule has 0 N–H and O–H groups in total. The van der Waals surface area contributed by atoms with Crippen molar-refractivity contribution in [3.05, 3.63) is 77.3 Å². The number of rotatable bonds is 3. The summed E-state index contributed by atoms with van der Waals surface area (Å²) < 4.78 is 0. The van der Waals surface area contributed by atoms with Crippen LogP contribution in [0.4, 0.5) is 0 Å². The molecule has 1 unspecified atom stereocenters. The zero-order valence-corrected chi connectivity index (χ0v) is 15.0. The van der Waals surface area contributed by atoms with Crippen molar-refractivity contribution in [3.8, 4) is 0 Å². The Morgan fingerprint density at radius 1 is 0.783 bits per heavy atom. The Labute approximate surface area is 141 Å². The third-order valence-corrected chi connectivity index (χ3v) is 11.3. The van der Waals surface area contributed by atoms with Crippen molar-refractivity contribution in [1.29, 1.82) is 0 Å². The average Bonchev–Trinajstić information content (AvgIpc) is 3.07. The molecule has 1 heteroatoms. The van der Waals surface area contributed by atoms with E-state index in [-0.39, 0.29) is 0 Å². The average molecular weight is 318 g/mol. The van der Waals surface area contributed by atoms with Crippen LogP contribution in [0.25, 0.3) is 6.08 Å². The lowest BCUT2D eigenvalue weighted by Gasteiger charge is -2.42. The maximum atomic E-state index is 2.63. The molecule has 4 rings (SSSR count). The lowest BCUT2D eigenvalue weighted by molar-refractivity contribution is 0.494. The van der Waals surface area contributed by atoms with Gasteiger partial charge in [0.05, 0.1) is 0 Å². The van der Waals surface area contributed by atoms with Crippen LogP contribution in [0, 0.1) is 5.54 Å². The number of hydrogen-bond donors (Lipinski definition) is 0. The molecule has 0 heterocycles. The second kappa shape index (κ2) is 6.12. The van der Waals surface area contributed by atoms with Crippen LogP contribution in [0.5, 0.6) is 0 Å². The Hall–Kier alpha value is -1.60. The molecule has 23 heavy (non-hydrogen) atoms. The van der Waals surface area contributed by atoms with Crippen LogP contribution >= 0.6 is 0 Å². The van der Waals surface area contributed by atoms with Gasteiger partial charge in [-0.2, -0.15) is 0 Å². The van der Waals surface area contributed by atoms with Gasteiger partial charge in [0, 0.05) is 5.54 Å². The molecule has 0 amide bonds. The minimum Gasteiger partial charge on any atom is -0.0747 e. The highest BCUT2D eigenvalue weighted by atomic mass is 28.3. The van der Waals surface area contributed by atoms with E-state index >= 15 is 0 Å². The molecular weight excluding hydrogens is 292 g/mol. The molecule has 0 aromatic heterocycles. The normalized spacial score (nSPS) is 21.1. The summed E-state index contributed by atoms with van der Waals surface area (Å²) in [5.74, 6) is 0. The van der Waals surface area contributed by atoms with Crippen molar-refractivity contribution >= 4 is 19.3 Å². The van der Waals surface area contributed by atoms with E-state index < -0.39 is 8.07 Å². The second-order valence-electron chi connectivity index (χ2n) is 7.24. The summed E-state index contributed by atoms with van der Waals surface area (Å²) in [4.78, 5) is 0. The fraction of sp³-hybridized carbons (Fsp3) is 0.318. The summed E-state index contributed by atoms with van der Waals surface area (Å²) in [5, 5.41) is 1.61. The Kier molecular flexibility index (Phi) is 3.98. The van der Waals surface area contributed by atoms with Crippen molar-refractivity contribution in [2.24, 2.45) is 0 Å². The van der Waals surface area contributed by atoms with Gasteiger partial charge < -0.3 is 0 Å². The van der Waals surface area contributed by atoms with Gasteiger partial charge in [0.15, 0.2) is 0 Å². The van der Waals surface area contributed by atoms with E-state index in [4.69, 9.17) is 0 Å². The summed E-state index contributed by atoms with van der Waals surface area (Å²) in [6, 6.07) is 20.4. The summed E-state index contributed by atoms with van der Waals surface area (Å²) >= 11 is 0. The molecule has 0 saturated heterocycles. The summed E-state index contributed by atoms with van der Waals surface area (Å²) in [5.41, 5.74) is 5.44. The molecule has 1 atom stereocenters. The number of allylic oxidation sites excluding steroid dienone is 1. The second-order valence-corrected chi connectivity index (χ2v) is 11.6. The van der Waals surface area contributed by atoms with Gasteiger partial charge in [-0.05, 0) is 16.7 Å². The van der Waals surface area contributed by atoms with Gasteiger partial charge in [0.25, 0.3) is 0 Å². The molecule has 2 aromatic rings. The van der Waals surface area contributed by atoms with E-state index in [1.807, 2.05) is 0 Å². The highest BCUT2D eigenvalue weighted by molar-refractivity contribution is 6.97. The Morgan fingerprint density at radius 3 is 2.26 bits per heavy atom. The van der Waals surface area contributed by atoms with Crippen LogP contribution in [0.2, 0.25) is 12.1 Å². The van der Waals surface area contributed by atoms with Gasteiger partial charge in [-0.15, -0.1) is 0 Å². The first-order valence-corrected chi connectivity index (χ1v) is 11.6. The van der Waals surface area contributed by atoms with E-state index in [1.54, 1.807) is 10.7 Å². The summed E-state index contributed by atoms with van der Waals surface area (Å²) in [7, 11) is -1.71. The molecule has 117 valence electrons. The fourth-order valence-electron chi connectivity index (χ4n) is 4.68. The van der Waals surface area contributed by atoms with E-state index in [2.05, 4.69) is 73.3 Å². The molecule has 1 saturated carbocycles. The van der Waals surface area contributed by atoms with E-state index in [0.29, 0.717) is 0 Å². The summed E-state index contributed by atoms with van der Waals surface area (Å²) in [6.07, 6.45) is 11.9. The molecule has 0 spiro atoms. The van der Waals surface area contributed by atoms with E-state index in [1.165, 1.54) is 43.2 Å². The molecular formula is C22H25Si. The Morgan fingerprint density at radius 2 is 1.48 bits per heavy atom. The zero-order valence-electron chi connectivity index (χ0n) is 14.0. The molecule has 2 aliphatic carbocycles. The highest BCUT2D eigenvalue weighted by Crippen LogP contribution is 2.46. The van der Waals surface area contributed by atoms with E-state index in [9.17, 15) is 0 Å². The first kappa shape index (κ1) is 15.0. The molecule has 1 radical (unpaired) electrons. The van der Waals surface area contributed by atoms with Crippen LogP contribution in [0.1, 0.15) is 43.2 Å². The summed E-state index contributed by atoms with van der Waals surface area (Å²) in [6.45, 7) is 2.63. The van der Waals surface area contributed by atoms with Gasteiger partial charge in [-0.25, -0.2) is 0 Å². The maximum Gasteiger partial charge on any atom is 0.103 e. The number of hydrogen-bond acceptors (Lipinski definition) is 0. The minimum absolute atomic E-state index is 0.879. The first-order chi connectivity index (χ1) is 11.3. The van der Waals surface area contributed by atoms with Crippen molar-refractivity contribution < 1.29 is 0 Å². The fourth-order valence-corrected chi connectivity index (χ4v) is 9.57. The van der Waals surface area contributed by atoms with Crippen LogP contribution in [-0.4, -0.2) is 8.07 Å². The predicted octanol–water partition coefficient (Wildman–Crippen LogP) is 5.50. The molecule has 0 aliphatic heterocycles. The van der Waals surface area contributed by atoms with Gasteiger partial charge in [0.2, 0.25) is 0 Å². The van der Waals surface area contributed by atoms with Gasteiger partial charge in [-0.3, -0.25) is 0 Å². The molecule has 0 nitrogen and oxygen atoms in total. The van der Waals surface area contributed by atoms with Crippen molar-refractivity contribution in [2.45, 2.75) is 44.2 Å². The quantitative estimate of drug-likeness (QED) is 0.656. The Balaban J connectivity index is 1.82. The van der Waals surface area contributed by atoms with E-state index in [0.717, 1.165) is 5.54 Å². The van der Waals surface area contributed by atoms with Gasteiger partial charge in [0.1, 0.15) is 8.07 Å². The zero-order chi connectivity index (χ0) is 15.7. The molecule has 0 bridgehead atoms. The van der Waals surface area contributed by atoms with Crippen molar-refractivity contribution in [1.82, 2.24) is 0 Å². The standard InChI is InChI=1S/C22H25Si/c1-23(19-11-4-2-5-12-19,20-13-6-3-7-14-20)22-17-16-18-10-8-9-15-21(18)22/h2,4-5,8-12,15-17,20H,3,6-7,13-14H2,1H3. The predicted molar refractivity (Wildman–Crippen MR) is 102 cm³/mol. The Bertz CT molecular complexity index is 697. The highest BCUT2D eigenvalue weighted by Gasteiger charge is 2.46. The number of benzene rings is 2. The first-order valence-electron chi connectivity index (χ1n) is 9.00. The number of fused-ring (bicyclic) bond motifs is 1. The minimum atomic E-state index is -1.71. The lowest BCUT2D eigenvalue weighted by atomic mass is 10.0. The smallest absolute Gasteiger partial charge is 0.0747 e. The largest absolute Gasteiger partial charge is 0.103 e. The third kappa shape index (κ3) is 2.51. The monoisotopic (exact) mass is 317 g/mol. The van der Waals surface area contributed by atoms with Gasteiger partial charge in [-0.1, -0.05) is 111 Å². The lowest BCUT2D eigenvalue weighted by Crippen LogP contribution is -2.54. The van der Waals surface area contributed by atoms with Crippen molar-refractivity contribution in [3.63, 3.8) is 0 Å². The third-order valence-electron chi connectivity index (χ3n) is 6.04. The van der Waals surface area contributed by atoms with Crippen LogP contribution in [-0.2, 0) is 0 Å². The van der Waals surface area contributed by atoms with Gasteiger partial charge >= 0.3 is 0 Å². The van der Waals surface area contributed by atoms with Crippen molar-refractivity contribution in [2.75, 3.05) is 0 Å². The van der Waals surface area contributed by atoms with Crippen LogP contribution < -0.4 is 5.19 Å². The van der Waals surface area contributed by atoms with Crippen LogP contribution in [0.15, 0.2) is 60.7 Å². The SMILES string of the molecule is C[Si]([C]1C=Cc2ccccc21)(c1ccccc1)C1CCCCC1. The molecule has 2 aromatic carbocycles. The van der Waals surface area contributed by atoms with Crippen LogP contribution in [0.3, 0.4) is 0 Å². The molecule has 2 aliphatic rings.